The maximum absolute atomic E-state index is 13.8. The molecule has 44 heavy (non-hydrogen) atoms. The van der Waals surface area contributed by atoms with Crippen molar-refractivity contribution >= 4 is 5.97 Å². The van der Waals surface area contributed by atoms with Crippen LogP contribution in [0.3, 0.4) is 0 Å². The van der Waals surface area contributed by atoms with E-state index in [-0.39, 0.29) is 36.0 Å². The second-order valence-electron chi connectivity index (χ2n) is 14.9. The summed E-state index contributed by atoms with van der Waals surface area (Å²) in [7, 11) is 8.81. The molecule has 1 saturated heterocycles. The van der Waals surface area contributed by atoms with E-state index < -0.39 is 58.1 Å². The Kier molecular flexibility index (Phi) is 7.35. The molecule has 10 heteroatoms. The molecule has 5 saturated carbocycles. The summed E-state index contributed by atoms with van der Waals surface area (Å²) in [4.78, 5) is 16.1. The first-order chi connectivity index (χ1) is 21.0. The lowest BCUT2D eigenvalue weighted by Gasteiger charge is -2.70. The molecule has 1 spiro atoms. The largest absolute Gasteiger partial charge is 0.455 e. The van der Waals surface area contributed by atoms with Gasteiger partial charge < -0.3 is 43.9 Å². The summed E-state index contributed by atoms with van der Waals surface area (Å²) in [5.74, 6) is -1.54. The number of rotatable bonds is 7. The zero-order valence-corrected chi connectivity index (χ0v) is 26.7. The number of likely N-dealkylation sites (tertiary alicyclic amines) is 1. The molecule has 6 fully saturated rings. The van der Waals surface area contributed by atoms with Gasteiger partial charge in [0.25, 0.3) is 0 Å². The van der Waals surface area contributed by atoms with Gasteiger partial charge in [-0.3, -0.25) is 0 Å². The number of aliphatic hydroxyl groups excluding tert-OH is 2. The summed E-state index contributed by atoms with van der Waals surface area (Å²) in [5.41, 5.74) is -3.14. The van der Waals surface area contributed by atoms with Crippen molar-refractivity contribution in [1.29, 1.82) is 0 Å². The lowest BCUT2D eigenvalue weighted by molar-refractivity contribution is -0.288. The second-order valence-corrected chi connectivity index (χ2v) is 14.9. The van der Waals surface area contributed by atoms with Gasteiger partial charge >= 0.3 is 5.97 Å². The van der Waals surface area contributed by atoms with Gasteiger partial charge in [-0.15, -0.1) is 0 Å². The van der Waals surface area contributed by atoms with Gasteiger partial charge in [0.15, 0.2) is 0 Å². The van der Waals surface area contributed by atoms with Gasteiger partial charge in [-0.1, -0.05) is 25.1 Å². The molecule has 244 valence electrons. The van der Waals surface area contributed by atoms with E-state index in [1.165, 1.54) is 0 Å². The second kappa shape index (κ2) is 10.4. The van der Waals surface area contributed by atoms with Crippen molar-refractivity contribution in [3.05, 3.63) is 35.9 Å². The number of aliphatic hydroxyl groups is 3. The molecule has 7 rings (SSSR count). The number of piperidine rings is 1. The van der Waals surface area contributed by atoms with Gasteiger partial charge in [0.05, 0.1) is 42.7 Å². The quantitative estimate of drug-likeness (QED) is 0.391. The summed E-state index contributed by atoms with van der Waals surface area (Å²) in [5, 5.41) is 37.2. The predicted molar refractivity (Wildman–Crippen MR) is 159 cm³/mol. The lowest BCUT2D eigenvalue weighted by atomic mass is 9.41. The number of carbonyl (C=O) groups excluding carboxylic acids is 1. The number of esters is 1. The molecule has 1 aliphatic heterocycles. The summed E-state index contributed by atoms with van der Waals surface area (Å²) in [6.45, 7) is 3.09. The van der Waals surface area contributed by atoms with Crippen molar-refractivity contribution in [2.75, 3.05) is 48.6 Å². The standard InChI is InChI=1S/C34H49NO9/c1-31-20(36)12-13-22(41-4)33(39)15-19(24(31)29(33)44-30(38)18-10-8-7-9-11-18)34-23(42-5)14-21(37)32(17-40-3)16-35(2)28(34)25(31)26(43-6)27(32)34/h7-11,19-29,36-37,39H,12-17H2,1-6H3/t19?,20-,21+,22?,23?,24?,25-,26-,27?,28?,29+,31-,32-,33-,34-/m0/s1. The smallest absolute Gasteiger partial charge is 0.338 e. The van der Waals surface area contributed by atoms with E-state index in [0.717, 1.165) is 0 Å². The van der Waals surface area contributed by atoms with Crippen molar-refractivity contribution in [2.24, 2.45) is 39.9 Å². The highest BCUT2D eigenvalue weighted by atomic mass is 16.6. The predicted octanol–water partition coefficient (Wildman–Crippen LogP) is 1.74. The van der Waals surface area contributed by atoms with E-state index >= 15 is 0 Å². The Labute approximate surface area is 259 Å². The minimum atomic E-state index is -1.50. The van der Waals surface area contributed by atoms with Crippen molar-refractivity contribution in [3.8, 4) is 0 Å². The molecule has 3 N–H and O–H groups in total. The highest BCUT2D eigenvalue weighted by Gasteiger charge is 2.88. The minimum Gasteiger partial charge on any atom is -0.455 e. The van der Waals surface area contributed by atoms with Crippen LogP contribution in [0.1, 0.15) is 43.0 Å². The third kappa shape index (κ3) is 3.52. The minimum absolute atomic E-state index is 0.0623. The number of benzene rings is 1. The average Bonchev–Trinajstić information content (AvgIpc) is 3.44. The van der Waals surface area contributed by atoms with Crippen LogP contribution in [-0.2, 0) is 23.7 Å². The van der Waals surface area contributed by atoms with Gasteiger partial charge in [-0.25, -0.2) is 4.79 Å². The molecule has 6 unspecified atom stereocenters. The number of fused-ring (bicyclic) bond motifs is 2. The van der Waals surface area contributed by atoms with Crippen molar-refractivity contribution < 1.29 is 43.8 Å². The maximum Gasteiger partial charge on any atom is 0.338 e. The summed E-state index contributed by atoms with van der Waals surface area (Å²) in [6, 6.07) is 8.80. The van der Waals surface area contributed by atoms with Crippen LogP contribution in [0.5, 0.6) is 0 Å². The van der Waals surface area contributed by atoms with Gasteiger partial charge in [-0.2, -0.15) is 0 Å². The Morgan fingerprint density at radius 2 is 1.68 bits per heavy atom. The zero-order chi connectivity index (χ0) is 31.4. The van der Waals surface area contributed by atoms with Crippen LogP contribution in [0.25, 0.3) is 0 Å². The first kappa shape index (κ1) is 31.0. The molecule has 1 heterocycles. The van der Waals surface area contributed by atoms with Crippen LogP contribution in [0.2, 0.25) is 0 Å². The highest BCUT2D eigenvalue weighted by Crippen LogP contribution is 2.80. The van der Waals surface area contributed by atoms with Gasteiger partial charge in [0.1, 0.15) is 11.7 Å². The summed E-state index contributed by atoms with van der Waals surface area (Å²) in [6.07, 6.45) is -2.15. The number of carbonyl (C=O) groups is 1. The summed E-state index contributed by atoms with van der Waals surface area (Å²) < 4.78 is 31.3. The van der Waals surface area contributed by atoms with E-state index in [1.54, 1.807) is 52.7 Å². The molecule has 1 aromatic rings. The molecule has 6 aliphatic rings. The molecule has 0 radical (unpaired) electrons. The monoisotopic (exact) mass is 615 g/mol. The number of methoxy groups -OCH3 is 4. The normalized spacial score (nSPS) is 52.3. The Hall–Kier alpha value is -1.63. The fraction of sp³-hybridized carbons (Fsp3) is 0.794. The Morgan fingerprint density at radius 1 is 0.977 bits per heavy atom. The van der Waals surface area contributed by atoms with Crippen molar-refractivity contribution in [1.82, 2.24) is 4.90 Å². The maximum atomic E-state index is 13.8. The Bertz CT molecular complexity index is 1270. The lowest BCUT2D eigenvalue weighted by Crippen LogP contribution is -2.77. The number of ether oxygens (including phenoxy) is 5. The first-order valence-electron chi connectivity index (χ1n) is 16.1. The molecule has 0 amide bonds. The van der Waals surface area contributed by atoms with Gasteiger partial charge in [-0.05, 0) is 44.4 Å². The average molecular weight is 616 g/mol. The van der Waals surface area contributed by atoms with Crippen LogP contribution in [0.15, 0.2) is 30.3 Å². The molecule has 5 aliphatic carbocycles. The van der Waals surface area contributed by atoms with E-state index in [1.807, 2.05) is 6.07 Å². The molecule has 0 aromatic heterocycles. The topological polar surface area (TPSA) is 127 Å². The zero-order valence-electron chi connectivity index (χ0n) is 26.7. The Morgan fingerprint density at radius 3 is 2.32 bits per heavy atom. The van der Waals surface area contributed by atoms with E-state index in [2.05, 4.69) is 18.9 Å². The molecule has 10 nitrogen and oxygen atoms in total. The van der Waals surface area contributed by atoms with Crippen molar-refractivity contribution in [2.45, 2.75) is 80.9 Å². The van der Waals surface area contributed by atoms with E-state index in [9.17, 15) is 20.1 Å². The number of hydrogen-bond donors (Lipinski definition) is 3. The molecular weight excluding hydrogens is 566 g/mol. The molecule has 15 atom stereocenters. The molecular formula is C34H49NO9. The van der Waals surface area contributed by atoms with Crippen LogP contribution in [0.4, 0.5) is 0 Å². The van der Waals surface area contributed by atoms with Crippen molar-refractivity contribution in [3.63, 3.8) is 0 Å². The number of hydrogen-bond acceptors (Lipinski definition) is 10. The molecule has 1 aromatic carbocycles. The van der Waals surface area contributed by atoms with Crippen LogP contribution >= 0.6 is 0 Å². The Balaban J connectivity index is 1.49. The van der Waals surface area contributed by atoms with Crippen LogP contribution in [0, 0.1) is 39.9 Å². The highest BCUT2D eigenvalue weighted by molar-refractivity contribution is 5.89. The first-order valence-corrected chi connectivity index (χ1v) is 16.1. The SMILES string of the molecule is COC[C@]12CN(C)C3[C@@H]4[C@H](OC)C1[C@@]3(C(OC)C[C@H]2O)C1C[C@]2(O)C(OC)CC[C@H](O)[C@@]4(C)C1[C@H]2OC(=O)c1ccccc1. The number of nitrogens with zero attached hydrogens (tertiary/aromatic N) is 1. The third-order valence-electron chi connectivity index (χ3n) is 13.7. The summed E-state index contributed by atoms with van der Waals surface area (Å²) >= 11 is 0. The fourth-order valence-corrected chi connectivity index (χ4v) is 12.6. The fourth-order valence-electron chi connectivity index (χ4n) is 12.6. The van der Waals surface area contributed by atoms with Gasteiger partial charge in [0.2, 0.25) is 0 Å². The van der Waals surface area contributed by atoms with Gasteiger partial charge in [0, 0.05) is 81.4 Å². The van der Waals surface area contributed by atoms with Crippen LogP contribution in [-0.4, -0.2) is 123 Å². The third-order valence-corrected chi connectivity index (χ3v) is 13.7. The van der Waals surface area contributed by atoms with Crippen LogP contribution < -0.4 is 0 Å². The van der Waals surface area contributed by atoms with E-state index in [4.69, 9.17) is 23.7 Å². The molecule has 7 bridgehead atoms. The van der Waals surface area contributed by atoms with E-state index in [0.29, 0.717) is 44.4 Å².